The molecule has 0 saturated carbocycles. The Morgan fingerprint density at radius 2 is 2.00 bits per heavy atom. The third-order valence-electron chi connectivity index (χ3n) is 3.29. The lowest BCUT2D eigenvalue weighted by molar-refractivity contribution is -0.384. The van der Waals surface area contributed by atoms with Crippen LogP contribution < -0.4 is 20.1 Å². The predicted octanol–water partition coefficient (Wildman–Crippen LogP) is 2.78. The highest BCUT2D eigenvalue weighted by Crippen LogP contribution is 2.32. The summed E-state index contributed by atoms with van der Waals surface area (Å²) in [4.78, 5) is 22.0. The summed E-state index contributed by atoms with van der Waals surface area (Å²) < 4.78 is 23.5. The molecule has 24 heavy (non-hydrogen) atoms. The molecule has 1 aliphatic heterocycles. The number of hydrogen-bond donors (Lipinski definition) is 2. The zero-order valence-electron chi connectivity index (χ0n) is 12.2. The predicted molar refractivity (Wildman–Crippen MR) is 81.5 cm³/mol. The minimum atomic E-state index is -0.767. The van der Waals surface area contributed by atoms with Gasteiger partial charge in [0.25, 0.3) is 5.69 Å². The Morgan fingerprint density at radius 3 is 2.79 bits per heavy atom. The summed E-state index contributed by atoms with van der Waals surface area (Å²) in [6.45, 7) is 0.332. The number of halogens is 1. The third kappa shape index (κ3) is 3.35. The highest BCUT2D eigenvalue weighted by molar-refractivity contribution is 5.91. The van der Waals surface area contributed by atoms with Gasteiger partial charge in [0.05, 0.1) is 11.0 Å². The Bertz CT molecular complexity index is 812. The highest BCUT2D eigenvalue weighted by atomic mass is 19.1. The Labute approximate surface area is 135 Å². The molecule has 0 aromatic heterocycles. The summed E-state index contributed by atoms with van der Waals surface area (Å²) in [5.74, 6) is 0.460. The van der Waals surface area contributed by atoms with Crippen LogP contribution in [-0.4, -0.2) is 17.7 Å². The SMILES string of the molecule is O=C(NCc1ccc2c(c1)OCO2)Nc1ccc(F)cc1[N+](=O)[O-]. The quantitative estimate of drug-likeness (QED) is 0.661. The minimum Gasteiger partial charge on any atom is -0.454 e. The average molecular weight is 333 g/mol. The van der Waals surface area contributed by atoms with Gasteiger partial charge in [-0.2, -0.15) is 0 Å². The summed E-state index contributed by atoms with van der Waals surface area (Å²) in [5, 5.41) is 15.8. The van der Waals surface area contributed by atoms with Gasteiger partial charge in [0.2, 0.25) is 6.79 Å². The van der Waals surface area contributed by atoms with Crippen LogP contribution >= 0.6 is 0 Å². The number of carbonyl (C=O) groups is 1. The maximum atomic E-state index is 13.1. The van der Waals surface area contributed by atoms with Gasteiger partial charge < -0.3 is 20.1 Å². The Balaban J connectivity index is 1.63. The van der Waals surface area contributed by atoms with Gasteiger partial charge in [0.1, 0.15) is 11.5 Å². The lowest BCUT2D eigenvalue weighted by Gasteiger charge is -2.08. The number of nitro benzene ring substituents is 1. The van der Waals surface area contributed by atoms with Crippen molar-refractivity contribution < 1.29 is 23.6 Å². The van der Waals surface area contributed by atoms with Crippen LogP contribution in [-0.2, 0) is 6.54 Å². The van der Waals surface area contributed by atoms with Crippen molar-refractivity contribution in [2.75, 3.05) is 12.1 Å². The first kappa shape index (κ1) is 15.5. The number of amides is 2. The number of nitrogens with zero attached hydrogens (tertiary/aromatic N) is 1. The van der Waals surface area contributed by atoms with Crippen LogP contribution in [0.25, 0.3) is 0 Å². The van der Waals surface area contributed by atoms with Crippen molar-refractivity contribution in [3.8, 4) is 11.5 Å². The summed E-state index contributed by atoms with van der Waals surface area (Å²) >= 11 is 0. The van der Waals surface area contributed by atoms with Crippen molar-refractivity contribution in [2.24, 2.45) is 0 Å². The molecule has 0 fully saturated rings. The standard InChI is InChI=1S/C15H12FN3O5/c16-10-2-3-11(12(6-10)19(21)22)18-15(20)17-7-9-1-4-13-14(5-9)24-8-23-13/h1-6H,7-8H2,(H2,17,18,20). The Hall–Kier alpha value is -3.36. The normalized spacial score (nSPS) is 11.9. The topological polar surface area (TPSA) is 103 Å². The van der Waals surface area contributed by atoms with Gasteiger partial charge in [-0.3, -0.25) is 10.1 Å². The lowest BCUT2D eigenvalue weighted by Crippen LogP contribution is -2.28. The van der Waals surface area contributed by atoms with Crippen LogP contribution in [0.4, 0.5) is 20.6 Å². The molecule has 2 aromatic carbocycles. The highest BCUT2D eigenvalue weighted by Gasteiger charge is 2.17. The molecule has 2 aromatic rings. The second-order valence-corrected chi connectivity index (χ2v) is 4.91. The molecule has 1 aliphatic rings. The first-order valence-corrected chi connectivity index (χ1v) is 6.90. The molecule has 124 valence electrons. The number of nitrogens with one attached hydrogen (secondary N) is 2. The fourth-order valence-electron chi connectivity index (χ4n) is 2.16. The van der Waals surface area contributed by atoms with Crippen LogP contribution in [0, 0.1) is 15.9 Å². The van der Waals surface area contributed by atoms with Crippen LogP contribution in [0.2, 0.25) is 0 Å². The van der Waals surface area contributed by atoms with Crippen LogP contribution in [0.5, 0.6) is 11.5 Å². The van der Waals surface area contributed by atoms with E-state index in [-0.39, 0.29) is 19.0 Å². The van der Waals surface area contributed by atoms with Gasteiger partial charge >= 0.3 is 6.03 Å². The zero-order valence-corrected chi connectivity index (χ0v) is 12.2. The second-order valence-electron chi connectivity index (χ2n) is 4.91. The first-order valence-electron chi connectivity index (χ1n) is 6.90. The molecule has 3 rings (SSSR count). The van der Waals surface area contributed by atoms with Crippen molar-refractivity contribution >= 4 is 17.4 Å². The van der Waals surface area contributed by atoms with Crippen molar-refractivity contribution in [1.82, 2.24) is 5.32 Å². The molecule has 0 aliphatic carbocycles. The fourth-order valence-corrected chi connectivity index (χ4v) is 2.16. The minimum absolute atomic E-state index is 0.0930. The van der Waals surface area contributed by atoms with Gasteiger partial charge in [-0.05, 0) is 29.8 Å². The number of benzene rings is 2. The van der Waals surface area contributed by atoms with E-state index in [2.05, 4.69) is 10.6 Å². The molecule has 0 radical (unpaired) electrons. The number of hydrogen-bond acceptors (Lipinski definition) is 5. The molecule has 0 atom stereocenters. The number of anilines is 1. The molecular weight excluding hydrogens is 321 g/mol. The van der Waals surface area contributed by atoms with Crippen molar-refractivity contribution in [3.63, 3.8) is 0 Å². The molecule has 0 bridgehead atoms. The van der Waals surface area contributed by atoms with E-state index in [0.29, 0.717) is 11.5 Å². The first-order chi connectivity index (χ1) is 11.5. The average Bonchev–Trinajstić information content (AvgIpc) is 3.02. The molecular formula is C15H12FN3O5. The fraction of sp³-hybridized carbons (Fsp3) is 0.133. The molecule has 0 unspecified atom stereocenters. The molecule has 0 spiro atoms. The van der Waals surface area contributed by atoms with Crippen LogP contribution in [0.3, 0.4) is 0 Å². The van der Waals surface area contributed by atoms with E-state index in [1.54, 1.807) is 18.2 Å². The smallest absolute Gasteiger partial charge is 0.319 e. The summed E-state index contributed by atoms with van der Waals surface area (Å²) in [5.41, 5.74) is 0.154. The van der Waals surface area contributed by atoms with E-state index in [9.17, 15) is 19.3 Å². The van der Waals surface area contributed by atoms with Crippen molar-refractivity contribution in [2.45, 2.75) is 6.54 Å². The van der Waals surface area contributed by atoms with Gasteiger partial charge in [0.15, 0.2) is 11.5 Å². The zero-order chi connectivity index (χ0) is 17.1. The number of carbonyl (C=O) groups excluding carboxylic acids is 1. The molecule has 0 saturated heterocycles. The summed E-state index contributed by atoms with van der Waals surface area (Å²) in [6, 6.07) is 7.46. The summed E-state index contributed by atoms with van der Waals surface area (Å²) in [6.07, 6.45) is 0. The van der Waals surface area contributed by atoms with Crippen LogP contribution in [0.1, 0.15) is 5.56 Å². The number of urea groups is 1. The van der Waals surface area contributed by atoms with E-state index in [1.165, 1.54) is 0 Å². The summed E-state index contributed by atoms with van der Waals surface area (Å²) in [7, 11) is 0. The maximum Gasteiger partial charge on any atom is 0.319 e. The Kier molecular flexibility index (Phi) is 4.15. The van der Waals surface area contributed by atoms with Crippen molar-refractivity contribution in [3.05, 3.63) is 57.9 Å². The maximum absolute atomic E-state index is 13.1. The van der Waals surface area contributed by atoms with Gasteiger partial charge in [0, 0.05) is 6.54 Å². The lowest BCUT2D eigenvalue weighted by atomic mass is 10.2. The van der Waals surface area contributed by atoms with Crippen molar-refractivity contribution in [1.29, 1.82) is 0 Å². The van der Waals surface area contributed by atoms with Gasteiger partial charge in [-0.1, -0.05) is 6.07 Å². The van der Waals surface area contributed by atoms with Crippen LogP contribution in [0.15, 0.2) is 36.4 Å². The molecule has 1 heterocycles. The molecule has 8 nitrogen and oxygen atoms in total. The van der Waals surface area contributed by atoms with E-state index < -0.39 is 22.5 Å². The second kappa shape index (κ2) is 6.41. The van der Waals surface area contributed by atoms with E-state index >= 15 is 0 Å². The number of ether oxygens (including phenoxy) is 2. The van der Waals surface area contributed by atoms with E-state index in [4.69, 9.17) is 9.47 Å². The molecule has 2 N–H and O–H groups in total. The van der Waals surface area contributed by atoms with Gasteiger partial charge in [-0.25, -0.2) is 9.18 Å². The largest absolute Gasteiger partial charge is 0.454 e. The number of fused-ring (bicyclic) bond motifs is 1. The third-order valence-corrected chi connectivity index (χ3v) is 3.29. The number of nitro groups is 1. The van der Waals surface area contributed by atoms with E-state index in [1.807, 2.05) is 0 Å². The van der Waals surface area contributed by atoms with Gasteiger partial charge in [-0.15, -0.1) is 0 Å². The molecule has 2 amide bonds. The van der Waals surface area contributed by atoms with E-state index in [0.717, 1.165) is 23.8 Å². The monoisotopic (exact) mass is 333 g/mol. The molecule has 9 heteroatoms. The number of rotatable bonds is 4. The Morgan fingerprint density at radius 1 is 1.21 bits per heavy atom.